The SMILES string of the molecule is CCCC/C(=C(\I)S(=O)(=O)c1ccc(C)cc1)c1ccccc1. The number of hydrogen-bond donors (Lipinski definition) is 0. The summed E-state index contributed by atoms with van der Waals surface area (Å²) in [6.45, 7) is 4.07. The van der Waals surface area contributed by atoms with E-state index >= 15 is 0 Å². The second kappa shape index (κ2) is 8.11. The summed E-state index contributed by atoms with van der Waals surface area (Å²) in [5.74, 6) is 0. The minimum atomic E-state index is -3.47. The largest absolute Gasteiger partial charge is 0.218 e. The Kier molecular flexibility index (Phi) is 6.41. The van der Waals surface area contributed by atoms with Gasteiger partial charge in [0.1, 0.15) is 2.91 Å². The maximum absolute atomic E-state index is 13.0. The van der Waals surface area contributed by atoms with Gasteiger partial charge in [-0.15, -0.1) is 0 Å². The van der Waals surface area contributed by atoms with Gasteiger partial charge in [0.15, 0.2) is 0 Å². The van der Waals surface area contributed by atoms with Crippen molar-refractivity contribution in [1.29, 1.82) is 0 Å². The number of aryl methyl sites for hydroxylation is 1. The lowest BCUT2D eigenvalue weighted by Crippen LogP contribution is -2.03. The Labute approximate surface area is 152 Å². The molecule has 0 saturated carbocycles. The van der Waals surface area contributed by atoms with Gasteiger partial charge in [0.05, 0.1) is 4.90 Å². The van der Waals surface area contributed by atoms with Crippen molar-refractivity contribution in [3.05, 3.63) is 68.6 Å². The molecule has 2 nitrogen and oxygen atoms in total. The van der Waals surface area contributed by atoms with E-state index in [1.807, 2.05) is 72.0 Å². The van der Waals surface area contributed by atoms with Gasteiger partial charge in [-0.25, -0.2) is 8.42 Å². The summed E-state index contributed by atoms with van der Waals surface area (Å²) in [6.07, 6.45) is 2.77. The van der Waals surface area contributed by atoms with Crippen molar-refractivity contribution in [3.63, 3.8) is 0 Å². The molecule has 0 heterocycles. The molecule has 122 valence electrons. The van der Waals surface area contributed by atoms with E-state index in [1.165, 1.54) is 0 Å². The summed E-state index contributed by atoms with van der Waals surface area (Å²) in [7, 11) is -3.47. The Morgan fingerprint density at radius 2 is 1.61 bits per heavy atom. The minimum absolute atomic E-state index is 0.359. The fraction of sp³-hybridized carbons (Fsp3) is 0.263. The van der Waals surface area contributed by atoms with Gasteiger partial charge in [-0.1, -0.05) is 61.4 Å². The molecule has 0 aliphatic heterocycles. The third kappa shape index (κ3) is 4.44. The molecule has 0 saturated heterocycles. The number of sulfone groups is 1. The van der Waals surface area contributed by atoms with Gasteiger partial charge in [0.2, 0.25) is 9.84 Å². The first kappa shape index (κ1) is 18.2. The highest BCUT2D eigenvalue weighted by Gasteiger charge is 2.22. The number of benzene rings is 2. The summed E-state index contributed by atoms with van der Waals surface area (Å²) >= 11 is 1.99. The van der Waals surface area contributed by atoms with Crippen LogP contribution in [0.5, 0.6) is 0 Å². The van der Waals surface area contributed by atoms with Crippen molar-refractivity contribution in [2.24, 2.45) is 0 Å². The van der Waals surface area contributed by atoms with Crippen LogP contribution in [0.15, 0.2) is 62.4 Å². The Hall–Kier alpha value is -1.14. The molecule has 0 radical (unpaired) electrons. The monoisotopic (exact) mass is 440 g/mol. The molecule has 0 bridgehead atoms. The van der Waals surface area contributed by atoms with Crippen molar-refractivity contribution in [3.8, 4) is 0 Å². The minimum Gasteiger partial charge on any atom is -0.218 e. The summed E-state index contributed by atoms with van der Waals surface area (Å²) in [4.78, 5) is 0.359. The number of allylic oxidation sites excluding steroid dienone is 1. The van der Waals surface area contributed by atoms with Crippen molar-refractivity contribution in [2.75, 3.05) is 0 Å². The van der Waals surface area contributed by atoms with E-state index in [9.17, 15) is 8.42 Å². The second-order valence-corrected chi connectivity index (χ2v) is 9.24. The van der Waals surface area contributed by atoms with Crippen LogP contribution in [0.4, 0.5) is 0 Å². The van der Waals surface area contributed by atoms with Crippen LogP contribution in [-0.4, -0.2) is 8.42 Å². The van der Waals surface area contributed by atoms with Gasteiger partial charge in [-0.2, -0.15) is 0 Å². The van der Waals surface area contributed by atoms with Gasteiger partial charge < -0.3 is 0 Å². The first-order valence-corrected chi connectivity index (χ1v) is 10.3. The zero-order chi connectivity index (χ0) is 16.9. The average Bonchev–Trinajstić information content (AvgIpc) is 2.56. The maximum atomic E-state index is 13.0. The van der Waals surface area contributed by atoms with E-state index in [0.717, 1.165) is 36.0 Å². The predicted octanol–water partition coefficient (Wildman–Crippen LogP) is 5.76. The summed E-state index contributed by atoms with van der Waals surface area (Å²) in [5.41, 5.74) is 2.95. The van der Waals surface area contributed by atoms with Crippen LogP contribution in [0, 0.1) is 6.92 Å². The van der Waals surface area contributed by atoms with E-state index in [0.29, 0.717) is 7.81 Å². The van der Waals surface area contributed by atoms with E-state index in [-0.39, 0.29) is 0 Å². The summed E-state index contributed by atoms with van der Waals surface area (Å²) < 4.78 is 26.3. The van der Waals surface area contributed by atoms with Crippen LogP contribution in [-0.2, 0) is 9.84 Å². The molecule has 0 aliphatic carbocycles. The summed E-state index contributed by atoms with van der Waals surface area (Å²) in [6, 6.07) is 16.9. The molecule has 2 aromatic rings. The van der Waals surface area contributed by atoms with Gasteiger partial charge in [0.25, 0.3) is 0 Å². The normalized spacial score (nSPS) is 12.8. The standard InChI is InChI=1S/C19H21IO2S/c1-3-4-10-18(16-8-6-5-7-9-16)19(20)23(21,22)17-13-11-15(2)12-14-17/h5-9,11-14H,3-4,10H2,1-2H3/b19-18-. The Morgan fingerprint density at radius 3 is 2.17 bits per heavy atom. The molecule has 2 aromatic carbocycles. The first-order chi connectivity index (χ1) is 11.0. The molecule has 0 N–H and O–H groups in total. The fourth-order valence-electron chi connectivity index (χ4n) is 2.33. The topological polar surface area (TPSA) is 34.1 Å². The van der Waals surface area contributed by atoms with Crippen LogP contribution in [0.2, 0.25) is 0 Å². The van der Waals surface area contributed by atoms with Crippen molar-refractivity contribution in [2.45, 2.75) is 38.0 Å². The molecule has 0 unspecified atom stereocenters. The molecule has 2 rings (SSSR count). The number of hydrogen-bond acceptors (Lipinski definition) is 2. The molecule has 0 fully saturated rings. The Balaban J connectivity index is 2.54. The highest BCUT2D eigenvalue weighted by atomic mass is 127. The zero-order valence-corrected chi connectivity index (χ0v) is 16.4. The van der Waals surface area contributed by atoms with Crippen LogP contribution in [0.1, 0.15) is 37.3 Å². The van der Waals surface area contributed by atoms with E-state index in [4.69, 9.17) is 0 Å². The van der Waals surface area contributed by atoms with Crippen molar-refractivity contribution < 1.29 is 8.42 Å². The number of halogens is 1. The van der Waals surface area contributed by atoms with Crippen molar-refractivity contribution >= 4 is 38.0 Å². The molecule has 0 amide bonds. The third-order valence-corrected chi connectivity index (χ3v) is 7.71. The van der Waals surface area contributed by atoms with Crippen molar-refractivity contribution in [1.82, 2.24) is 0 Å². The number of rotatable bonds is 6. The second-order valence-electron chi connectivity index (χ2n) is 5.54. The lowest BCUT2D eigenvalue weighted by molar-refractivity contribution is 0.604. The molecule has 0 atom stereocenters. The molecule has 0 aromatic heterocycles. The lowest BCUT2D eigenvalue weighted by atomic mass is 10.0. The third-order valence-electron chi connectivity index (χ3n) is 3.71. The van der Waals surface area contributed by atoms with E-state index in [1.54, 1.807) is 12.1 Å². The quantitative estimate of drug-likeness (QED) is 0.535. The van der Waals surface area contributed by atoms with E-state index in [2.05, 4.69) is 6.92 Å². The maximum Gasteiger partial charge on any atom is 0.212 e. The molecular formula is C19H21IO2S. The zero-order valence-electron chi connectivity index (χ0n) is 13.4. The lowest BCUT2D eigenvalue weighted by Gasteiger charge is -2.12. The average molecular weight is 440 g/mol. The fourth-order valence-corrected chi connectivity index (χ4v) is 4.92. The van der Waals surface area contributed by atoms with Crippen LogP contribution >= 0.6 is 22.6 Å². The molecule has 23 heavy (non-hydrogen) atoms. The highest BCUT2D eigenvalue weighted by molar-refractivity contribution is 14.1. The molecule has 0 aliphatic rings. The van der Waals surface area contributed by atoms with Crippen LogP contribution in [0.3, 0.4) is 0 Å². The Morgan fingerprint density at radius 1 is 1.00 bits per heavy atom. The molecular weight excluding hydrogens is 419 g/mol. The van der Waals surface area contributed by atoms with Crippen LogP contribution < -0.4 is 0 Å². The highest BCUT2D eigenvalue weighted by Crippen LogP contribution is 2.35. The predicted molar refractivity (Wildman–Crippen MR) is 105 cm³/mol. The summed E-state index contributed by atoms with van der Waals surface area (Å²) in [5, 5.41) is 0. The first-order valence-electron chi connectivity index (χ1n) is 7.72. The van der Waals surface area contributed by atoms with Gasteiger partial charge in [0, 0.05) is 0 Å². The smallest absolute Gasteiger partial charge is 0.212 e. The van der Waals surface area contributed by atoms with E-state index < -0.39 is 9.84 Å². The van der Waals surface area contributed by atoms with Gasteiger partial charge in [-0.3, -0.25) is 0 Å². The Bertz CT molecular complexity index is 776. The molecule has 4 heteroatoms. The molecule has 0 spiro atoms. The van der Waals surface area contributed by atoms with Crippen LogP contribution in [0.25, 0.3) is 5.57 Å². The number of unbranched alkanes of at least 4 members (excludes halogenated alkanes) is 1. The van der Waals surface area contributed by atoms with Gasteiger partial charge >= 0.3 is 0 Å². The van der Waals surface area contributed by atoms with Gasteiger partial charge in [-0.05, 0) is 65.6 Å².